The Labute approximate surface area is 184 Å². The van der Waals surface area contributed by atoms with Gasteiger partial charge in [-0.25, -0.2) is 0 Å². The van der Waals surface area contributed by atoms with E-state index in [1.807, 2.05) is 0 Å². The van der Waals surface area contributed by atoms with Gasteiger partial charge in [0.25, 0.3) is 0 Å². The van der Waals surface area contributed by atoms with Crippen molar-refractivity contribution in [3.63, 3.8) is 0 Å². The molecule has 0 spiro atoms. The van der Waals surface area contributed by atoms with E-state index in [1.54, 1.807) is 26.0 Å². The molecule has 0 amide bonds. The monoisotopic (exact) mass is 419 g/mol. The number of rotatable bonds is 7. The van der Waals surface area contributed by atoms with Crippen LogP contribution in [0.3, 0.4) is 0 Å². The summed E-state index contributed by atoms with van der Waals surface area (Å²) in [6, 6.07) is 23.5. The standard InChI is InChI=1S/C26H29NO2S/c1-28-24-19-21-14-17-27(16-13-20-9-5-3-6-10-20)18-15-23(21)26(25(24)29-2)30-22-11-7-4-8-12-22/h3-12,19H,13-18H2,1-2H3. The SMILES string of the molecule is COc1cc2c(c(Sc3ccccc3)c1OC)CCN(CCc1ccccc1)CC2. The fourth-order valence-electron chi connectivity index (χ4n) is 4.08. The Morgan fingerprint density at radius 2 is 1.57 bits per heavy atom. The summed E-state index contributed by atoms with van der Waals surface area (Å²) in [4.78, 5) is 5.00. The Morgan fingerprint density at radius 3 is 2.27 bits per heavy atom. The van der Waals surface area contributed by atoms with E-state index in [0.29, 0.717) is 0 Å². The van der Waals surface area contributed by atoms with Gasteiger partial charge in [-0.1, -0.05) is 60.3 Å². The lowest BCUT2D eigenvalue weighted by Crippen LogP contribution is -2.28. The first kappa shape index (κ1) is 20.8. The highest BCUT2D eigenvalue weighted by Gasteiger charge is 2.23. The van der Waals surface area contributed by atoms with Crippen molar-refractivity contribution in [2.75, 3.05) is 33.9 Å². The van der Waals surface area contributed by atoms with Gasteiger partial charge in [0.15, 0.2) is 11.5 Å². The van der Waals surface area contributed by atoms with Gasteiger partial charge < -0.3 is 14.4 Å². The zero-order valence-electron chi connectivity index (χ0n) is 17.8. The fraction of sp³-hybridized carbons (Fsp3) is 0.308. The molecule has 0 radical (unpaired) electrons. The minimum absolute atomic E-state index is 0.826. The van der Waals surface area contributed by atoms with Crippen LogP contribution in [0.15, 0.2) is 76.5 Å². The molecule has 1 aliphatic rings. The topological polar surface area (TPSA) is 21.7 Å². The third-order valence-corrected chi connectivity index (χ3v) is 6.86. The second-order valence-corrected chi connectivity index (χ2v) is 8.66. The molecule has 30 heavy (non-hydrogen) atoms. The van der Waals surface area contributed by atoms with Gasteiger partial charge >= 0.3 is 0 Å². The first-order valence-corrected chi connectivity index (χ1v) is 11.4. The molecule has 1 heterocycles. The van der Waals surface area contributed by atoms with Gasteiger partial charge in [-0.15, -0.1) is 0 Å². The highest BCUT2D eigenvalue weighted by Crippen LogP contribution is 2.45. The summed E-state index contributed by atoms with van der Waals surface area (Å²) < 4.78 is 11.5. The smallest absolute Gasteiger partial charge is 0.174 e. The lowest BCUT2D eigenvalue weighted by molar-refractivity contribution is 0.291. The summed E-state index contributed by atoms with van der Waals surface area (Å²) in [6.07, 6.45) is 3.15. The molecular weight excluding hydrogens is 390 g/mol. The maximum atomic E-state index is 5.82. The summed E-state index contributed by atoms with van der Waals surface area (Å²) in [7, 11) is 3.46. The number of fused-ring (bicyclic) bond motifs is 1. The highest BCUT2D eigenvalue weighted by molar-refractivity contribution is 7.99. The minimum atomic E-state index is 0.826. The molecule has 0 aromatic heterocycles. The van der Waals surface area contributed by atoms with Crippen molar-refractivity contribution in [2.45, 2.75) is 29.1 Å². The first-order chi connectivity index (χ1) is 14.8. The van der Waals surface area contributed by atoms with Gasteiger partial charge in [-0.05, 0) is 54.2 Å². The Hall–Kier alpha value is -2.43. The van der Waals surface area contributed by atoms with Crippen molar-refractivity contribution in [2.24, 2.45) is 0 Å². The third-order valence-electron chi connectivity index (χ3n) is 5.72. The molecule has 1 aliphatic heterocycles. The third kappa shape index (κ3) is 4.82. The van der Waals surface area contributed by atoms with E-state index < -0.39 is 0 Å². The van der Waals surface area contributed by atoms with Crippen molar-refractivity contribution < 1.29 is 9.47 Å². The molecule has 0 aliphatic carbocycles. The van der Waals surface area contributed by atoms with E-state index in [-0.39, 0.29) is 0 Å². The second-order valence-electron chi connectivity index (χ2n) is 7.57. The number of methoxy groups -OCH3 is 2. The van der Waals surface area contributed by atoms with Crippen LogP contribution < -0.4 is 9.47 Å². The van der Waals surface area contributed by atoms with Crippen LogP contribution in [0.5, 0.6) is 11.5 Å². The fourth-order valence-corrected chi connectivity index (χ4v) is 5.24. The van der Waals surface area contributed by atoms with Gasteiger partial charge in [0.2, 0.25) is 0 Å². The van der Waals surface area contributed by atoms with Crippen LogP contribution in [0.2, 0.25) is 0 Å². The Bertz CT molecular complexity index is 960. The predicted molar refractivity (Wildman–Crippen MR) is 124 cm³/mol. The van der Waals surface area contributed by atoms with Crippen LogP contribution in [-0.2, 0) is 19.3 Å². The molecule has 0 saturated heterocycles. The van der Waals surface area contributed by atoms with Crippen molar-refractivity contribution in [3.8, 4) is 11.5 Å². The average molecular weight is 420 g/mol. The van der Waals surface area contributed by atoms with Gasteiger partial charge in [-0.2, -0.15) is 0 Å². The van der Waals surface area contributed by atoms with Gasteiger partial charge in [-0.3, -0.25) is 0 Å². The molecule has 156 valence electrons. The molecule has 0 saturated carbocycles. The first-order valence-electron chi connectivity index (χ1n) is 10.5. The molecule has 3 nitrogen and oxygen atoms in total. The Balaban J connectivity index is 1.58. The highest BCUT2D eigenvalue weighted by atomic mass is 32.2. The number of nitrogens with zero attached hydrogens (tertiary/aromatic N) is 1. The summed E-state index contributed by atoms with van der Waals surface area (Å²) in [5, 5.41) is 0. The summed E-state index contributed by atoms with van der Waals surface area (Å²) in [5.74, 6) is 1.68. The number of ether oxygens (including phenoxy) is 2. The lowest BCUT2D eigenvalue weighted by Gasteiger charge is -2.20. The molecule has 3 aromatic rings. The molecule has 0 bridgehead atoms. The molecule has 4 heteroatoms. The molecular formula is C26H29NO2S. The van der Waals surface area contributed by atoms with Gasteiger partial charge in [0, 0.05) is 24.5 Å². The van der Waals surface area contributed by atoms with E-state index in [2.05, 4.69) is 71.6 Å². The number of hydrogen-bond donors (Lipinski definition) is 0. The van der Waals surface area contributed by atoms with Gasteiger partial charge in [0.05, 0.1) is 19.1 Å². The van der Waals surface area contributed by atoms with E-state index in [4.69, 9.17) is 9.47 Å². The normalized spacial score (nSPS) is 14.1. The Kier molecular flexibility index (Phi) is 6.98. The molecule has 0 N–H and O–H groups in total. The van der Waals surface area contributed by atoms with Crippen LogP contribution in [0.1, 0.15) is 16.7 Å². The molecule has 3 aromatic carbocycles. The maximum Gasteiger partial charge on any atom is 0.174 e. The van der Waals surface area contributed by atoms with Crippen LogP contribution in [0.25, 0.3) is 0 Å². The van der Waals surface area contributed by atoms with Crippen LogP contribution in [0.4, 0.5) is 0 Å². The summed E-state index contributed by atoms with van der Waals surface area (Å²) in [5.41, 5.74) is 4.19. The second kappa shape index (κ2) is 10.1. The quantitative estimate of drug-likeness (QED) is 0.504. The molecule has 0 fully saturated rings. The molecule has 0 atom stereocenters. The number of benzene rings is 3. The lowest BCUT2D eigenvalue weighted by atomic mass is 10.0. The van der Waals surface area contributed by atoms with Crippen LogP contribution in [0, 0.1) is 0 Å². The van der Waals surface area contributed by atoms with E-state index in [0.717, 1.165) is 50.4 Å². The van der Waals surface area contributed by atoms with Crippen LogP contribution >= 0.6 is 11.8 Å². The van der Waals surface area contributed by atoms with Crippen molar-refractivity contribution in [1.29, 1.82) is 0 Å². The van der Waals surface area contributed by atoms with Crippen molar-refractivity contribution in [1.82, 2.24) is 4.90 Å². The Morgan fingerprint density at radius 1 is 0.867 bits per heavy atom. The average Bonchev–Trinajstić information content (AvgIpc) is 3.01. The number of hydrogen-bond acceptors (Lipinski definition) is 4. The van der Waals surface area contributed by atoms with Crippen molar-refractivity contribution >= 4 is 11.8 Å². The largest absolute Gasteiger partial charge is 0.493 e. The predicted octanol–water partition coefficient (Wildman–Crippen LogP) is 5.50. The zero-order chi connectivity index (χ0) is 20.8. The van der Waals surface area contributed by atoms with Crippen LogP contribution in [-0.4, -0.2) is 38.8 Å². The van der Waals surface area contributed by atoms with E-state index in [9.17, 15) is 0 Å². The summed E-state index contributed by atoms with van der Waals surface area (Å²) >= 11 is 1.78. The van der Waals surface area contributed by atoms with E-state index in [1.165, 1.54) is 26.5 Å². The maximum absolute atomic E-state index is 5.82. The van der Waals surface area contributed by atoms with Gasteiger partial charge in [0.1, 0.15) is 0 Å². The van der Waals surface area contributed by atoms with E-state index >= 15 is 0 Å². The summed E-state index contributed by atoms with van der Waals surface area (Å²) in [6.45, 7) is 3.23. The molecule has 4 rings (SSSR count). The molecule has 0 unspecified atom stereocenters. The zero-order valence-corrected chi connectivity index (χ0v) is 18.6. The van der Waals surface area contributed by atoms with Crippen molar-refractivity contribution in [3.05, 3.63) is 83.4 Å². The minimum Gasteiger partial charge on any atom is -0.493 e.